The maximum atomic E-state index is 12.5. The second kappa shape index (κ2) is 7.36. The first-order valence-corrected chi connectivity index (χ1v) is 9.68. The fourth-order valence-electron chi connectivity index (χ4n) is 3.29. The highest BCUT2D eigenvalue weighted by Crippen LogP contribution is 2.34. The van der Waals surface area contributed by atoms with E-state index in [0.717, 1.165) is 41.7 Å². The van der Waals surface area contributed by atoms with Crippen LogP contribution in [-0.2, 0) is 0 Å². The van der Waals surface area contributed by atoms with Gasteiger partial charge in [-0.1, -0.05) is 42.5 Å². The van der Waals surface area contributed by atoms with Crippen molar-refractivity contribution in [2.75, 3.05) is 25.4 Å². The molecule has 0 saturated carbocycles. The van der Waals surface area contributed by atoms with Gasteiger partial charge in [-0.15, -0.1) is 11.8 Å². The van der Waals surface area contributed by atoms with Crippen LogP contribution < -0.4 is 4.74 Å². The van der Waals surface area contributed by atoms with E-state index in [9.17, 15) is 4.79 Å². The molecular formula is C21H21NO2S. The molecule has 0 fully saturated rings. The van der Waals surface area contributed by atoms with Crippen LogP contribution in [0.3, 0.4) is 0 Å². The Kier molecular flexibility index (Phi) is 4.79. The number of ketones is 1. The van der Waals surface area contributed by atoms with E-state index >= 15 is 0 Å². The standard InChI is InChI=1S/C21H21NO2S/c23-19(17-6-7-21-20(14-17)24-12-13-25-21)9-11-22-10-8-18(15-22)16-4-2-1-3-5-16/h1-8,10,14,18H,9,11-13,15H2. The fourth-order valence-corrected chi connectivity index (χ4v) is 4.10. The van der Waals surface area contributed by atoms with Crippen molar-refractivity contribution in [2.24, 2.45) is 0 Å². The molecule has 2 aliphatic rings. The molecule has 25 heavy (non-hydrogen) atoms. The highest BCUT2D eigenvalue weighted by atomic mass is 32.2. The van der Waals surface area contributed by atoms with Crippen molar-refractivity contribution in [2.45, 2.75) is 17.2 Å². The topological polar surface area (TPSA) is 29.5 Å². The van der Waals surface area contributed by atoms with Gasteiger partial charge >= 0.3 is 0 Å². The molecule has 0 N–H and O–H groups in total. The summed E-state index contributed by atoms with van der Waals surface area (Å²) in [7, 11) is 0. The summed E-state index contributed by atoms with van der Waals surface area (Å²) in [6.07, 6.45) is 4.87. The Morgan fingerprint density at radius 2 is 2.08 bits per heavy atom. The lowest BCUT2D eigenvalue weighted by atomic mass is 10.0. The van der Waals surface area contributed by atoms with Gasteiger partial charge in [-0.3, -0.25) is 4.79 Å². The summed E-state index contributed by atoms with van der Waals surface area (Å²) in [6, 6.07) is 16.3. The SMILES string of the molecule is O=C(CCN1C=CC(c2ccccc2)C1)c1ccc2c(c1)OCCS2. The number of nitrogens with zero attached hydrogens (tertiary/aromatic N) is 1. The first kappa shape index (κ1) is 16.3. The second-order valence-electron chi connectivity index (χ2n) is 6.39. The molecule has 2 aliphatic heterocycles. The number of Topliss-reactive ketones (excluding diaryl/α,β-unsaturated/α-hetero) is 1. The fraction of sp³-hybridized carbons (Fsp3) is 0.286. The van der Waals surface area contributed by atoms with Crippen LogP contribution >= 0.6 is 11.8 Å². The predicted octanol–water partition coefficient (Wildman–Crippen LogP) is 4.36. The van der Waals surface area contributed by atoms with Crippen LogP contribution in [0.2, 0.25) is 0 Å². The lowest BCUT2D eigenvalue weighted by Gasteiger charge is -2.19. The quantitative estimate of drug-likeness (QED) is 0.749. The van der Waals surface area contributed by atoms with Crippen molar-refractivity contribution in [3.05, 3.63) is 71.9 Å². The van der Waals surface area contributed by atoms with E-state index in [4.69, 9.17) is 4.74 Å². The van der Waals surface area contributed by atoms with Crippen LogP contribution in [0.25, 0.3) is 0 Å². The zero-order valence-corrected chi connectivity index (χ0v) is 14.9. The monoisotopic (exact) mass is 351 g/mol. The van der Waals surface area contributed by atoms with Crippen molar-refractivity contribution < 1.29 is 9.53 Å². The summed E-state index contributed by atoms with van der Waals surface area (Å²) in [5.41, 5.74) is 2.08. The van der Waals surface area contributed by atoms with E-state index in [-0.39, 0.29) is 5.78 Å². The largest absolute Gasteiger partial charge is 0.492 e. The minimum Gasteiger partial charge on any atom is -0.492 e. The Morgan fingerprint density at radius 3 is 2.96 bits per heavy atom. The van der Waals surface area contributed by atoms with Crippen LogP contribution in [0.5, 0.6) is 5.75 Å². The summed E-state index contributed by atoms with van der Waals surface area (Å²) in [5.74, 6) is 2.43. The van der Waals surface area contributed by atoms with Crippen molar-refractivity contribution in [3.63, 3.8) is 0 Å². The van der Waals surface area contributed by atoms with Crippen LogP contribution in [-0.4, -0.2) is 36.1 Å². The van der Waals surface area contributed by atoms with Gasteiger partial charge in [0.2, 0.25) is 0 Å². The number of fused-ring (bicyclic) bond motifs is 1. The van der Waals surface area contributed by atoms with Crippen LogP contribution in [0.15, 0.2) is 65.7 Å². The number of thioether (sulfide) groups is 1. The number of ether oxygens (including phenoxy) is 1. The molecule has 0 amide bonds. The zero-order chi connectivity index (χ0) is 17.1. The molecule has 128 valence electrons. The molecule has 1 unspecified atom stereocenters. The minimum atomic E-state index is 0.179. The Hall–Kier alpha value is -2.20. The van der Waals surface area contributed by atoms with Crippen LogP contribution in [0.4, 0.5) is 0 Å². The van der Waals surface area contributed by atoms with Gasteiger partial charge in [0.25, 0.3) is 0 Å². The van der Waals surface area contributed by atoms with Gasteiger partial charge in [0.1, 0.15) is 5.75 Å². The first-order valence-electron chi connectivity index (χ1n) is 8.70. The average molecular weight is 351 g/mol. The van der Waals surface area contributed by atoms with Gasteiger partial charge in [0, 0.05) is 41.6 Å². The molecule has 2 aromatic rings. The van der Waals surface area contributed by atoms with E-state index in [0.29, 0.717) is 12.3 Å². The molecular weight excluding hydrogens is 330 g/mol. The highest BCUT2D eigenvalue weighted by Gasteiger charge is 2.19. The molecule has 3 nitrogen and oxygen atoms in total. The second-order valence-corrected chi connectivity index (χ2v) is 7.52. The Morgan fingerprint density at radius 1 is 1.20 bits per heavy atom. The number of hydrogen-bond donors (Lipinski definition) is 0. The molecule has 4 heteroatoms. The Bertz CT molecular complexity index is 788. The van der Waals surface area contributed by atoms with Crippen LogP contribution in [0, 0.1) is 0 Å². The molecule has 4 rings (SSSR count). The zero-order valence-electron chi connectivity index (χ0n) is 14.1. The van der Waals surface area contributed by atoms with E-state index in [2.05, 4.69) is 41.4 Å². The van der Waals surface area contributed by atoms with E-state index in [1.54, 1.807) is 11.8 Å². The lowest BCUT2D eigenvalue weighted by molar-refractivity contribution is 0.0972. The summed E-state index contributed by atoms with van der Waals surface area (Å²) >= 11 is 1.79. The molecule has 0 radical (unpaired) electrons. The smallest absolute Gasteiger partial charge is 0.164 e. The van der Waals surface area contributed by atoms with E-state index < -0.39 is 0 Å². The molecule has 0 aromatic heterocycles. The molecule has 0 bridgehead atoms. The van der Waals surface area contributed by atoms with Crippen molar-refractivity contribution in [3.8, 4) is 5.75 Å². The first-order chi connectivity index (χ1) is 12.3. The molecule has 2 aromatic carbocycles. The number of hydrogen-bond acceptors (Lipinski definition) is 4. The van der Waals surface area contributed by atoms with Gasteiger partial charge in [0.05, 0.1) is 6.61 Å². The summed E-state index contributed by atoms with van der Waals surface area (Å²) in [5, 5.41) is 0. The third-order valence-electron chi connectivity index (χ3n) is 4.68. The van der Waals surface area contributed by atoms with E-state index in [1.165, 1.54) is 5.56 Å². The molecule has 0 spiro atoms. The maximum absolute atomic E-state index is 12.5. The number of benzene rings is 2. The van der Waals surface area contributed by atoms with Crippen LogP contribution in [0.1, 0.15) is 28.3 Å². The minimum absolute atomic E-state index is 0.179. The molecule has 1 atom stereocenters. The molecule has 0 saturated heterocycles. The van der Waals surface area contributed by atoms with Crippen molar-refractivity contribution in [1.29, 1.82) is 0 Å². The summed E-state index contributed by atoms with van der Waals surface area (Å²) in [6.45, 7) is 2.42. The third-order valence-corrected chi connectivity index (χ3v) is 5.70. The van der Waals surface area contributed by atoms with Gasteiger partial charge in [0.15, 0.2) is 5.78 Å². The number of carbonyl (C=O) groups is 1. The molecule has 2 heterocycles. The van der Waals surface area contributed by atoms with E-state index in [1.807, 2.05) is 24.3 Å². The number of carbonyl (C=O) groups excluding carboxylic acids is 1. The normalized spacial score (nSPS) is 18.7. The lowest BCUT2D eigenvalue weighted by Crippen LogP contribution is -2.21. The van der Waals surface area contributed by atoms with Gasteiger partial charge in [-0.05, 0) is 23.9 Å². The van der Waals surface area contributed by atoms with Crippen molar-refractivity contribution >= 4 is 17.5 Å². The summed E-state index contributed by atoms with van der Waals surface area (Å²) in [4.78, 5) is 15.9. The molecule has 0 aliphatic carbocycles. The summed E-state index contributed by atoms with van der Waals surface area (Å²) < 4.78 is 5.66. The van der Waals surface area contributed by atoms with Gasteiger partial charge in [-0.2, -0.15) is 0 Å². The Labute approximate surface area is 152 Å². The maximum Gasteiger partial charge on any atom is 0.164 e. The predicted molar refractivity (Wildman–Crippen MR) is 102 cm³/mol. The number of rotatable bonds is 5. The highest BCUT2D eigenvalue weighted by molar-refractivity contribution is 7.99. The van der Waals surface area contributed by atoms with Gasteiger partial charge in [-0.25, -0.2) is 0 Å². The third kappa shape index (κ3) is 3.74. The Balaban J connectivity index is 1.33. The van der Waals surface area contributed by atoms with Crippen molar-refractivity contribution in [1.82, 2.24) is 4.90 Å². The average Bonchev–Trinajstić information content (AvgIpc) is 3.15. The van der Waals surface area contributed by atoms with Gasteiger partial charge < -0.3 is 9.64 Å².